The Labute approximate surface area is 137 Å². The first-order valence-electron chi connectivity index (χ1n) is 7.14. The number of nitrogens with one attached hydrogen (secondary N) is 2. The third kappa shape index (κ3) is 3.70. The van der Waals surface area contributed by atoms with Gasteiger partial charge in [-0.25, -0.2) is 9.50 Å². The number of H-pyrrole nitrogens is 1. The van der Waals surface area contributed by atoms with Gasteiger partial charge in [-0.3, -0.25) is 19.5 Å². The molecule has 3 N–H and O–H groups in total. The largest absolute Gasteiger partial charge is 0.480 e. The van der Waals surface area contributed by atoms with Crippen LogP contribution in [-0.4, -0.2) is 38.1 Å². The van der Waals surface area contributed by atoms with Crippen molar-refractivity contribution in [2.75, 3.05) is 6.54 Å². The van der Waals surface area contributed by atoms with Crippen LogP contribution in [0.2, 0.25) is 0 Å². The third-order valence-corrected chi connectivity index (χ3v) is 3.77. The summed E-state index contributed by atoms with van der Waals surface area (Å²) < 4.78 is 1.61. The van der Waals surface area contributed by atoms with Crippen LogP contribution in [0.3, 0.4) is 0 Å². The van der Waals surface area contributed by atoms with Gasteiger partial charge in [-0.15, -0.1) is 12.4 Å². The molecule has 0 unspecified atom stereocenters. The van der Waals surface area contributed by atoms with Gasteiger partial charge in [0.1, 0.15) is 18.4 Å². The van der Waals surface area contributed by atoms with Gasteiger partial charge in [0, 0.05) is 11.8 Å². The van der Waals surface area contributed by atoms with Crippen LogP contribution in [0.15, 0.2) is 17.2 Å². The van der Waals surface area contributed by atoms with Crippen molar-refractivity contribution in [1.29, 1.82) is 0 Å². The summed E-state index contributed by atoms with van der Waals surface area (Å²) in [5, 5.41) is 13.7. The number of hydrogen-bond acceptors (Lipinski definition) is 4. The van der Waals surface area contributed by atoms with E-state index in [9.17, 15) is 14.4 Å². The summed E-state index contributed by atoms with van der Waals surface area (Å²) in [5.74, 6) is -1.18. The summed E-state index contributed by atoms with van der Waals surface area (Å²) in [5.41, 5.74) is 0.416. The average Bonchev–Trinajstić information content (AvgIpc) is 3.18. The number of pyridine rings is 1. The Morgan fingerprint density at radius 3 is 2.83 bits per heavy atom. The summed E-state index contributed by atoms with van der Waals surface area (Å²) in [6.07, 6.45) is 5.61. The molecule has 23 heavy (non-hydrogen) atoms. The summed E-state index contributed by atoms with van der Waals surface area (Å²) in [7, 11) is 0. The number of halogens is 1. The number of amides is 1. The maximum atomic E-state index is 12.2. The second-order valence-corrected chi connectivity index (χ2v) is 5.48. The van der Waals surface area contributed by atoms with Crippen molar-refractivity contribution >= 4 is 29.9 Å². The van der Waals surface area contributed by atoms with Gasteiger partial charge in [-0.1, -0.05) is 12.8 Å². The number of aliphatic carboxylic acids is 1. The van der Waals surface area contributed by atoms with Crippen LogP contribution in [0.25, 0.3) is 5.65 Å². The van der Waals surface area contributed by atoms with E-state index in [1.165, 1.54) is 25.2 Å². The highest BCUT2D eigenvalue weighted by atomic mass is 35.5. The zero-order chi connectivity index (χ0) is 15.7. The Kier molecular flexibility index (Phi) is 5.05. The molecule has 1 saturated carbocycles. The van der Waals surface area contributed by atoms with E-state index in [1.54, 1.807) is 4.52 Å². The maximum Gasteiger partial charge on any atom is 0.322 e. The zero-order valence-corrected chi connectivity index (χ0v) is 13.1. The molecule has 0 aromatic carbocycles. The van der Waals surface area contributed by atoms with Crippen molar-refractivity contribution in [3.8, 4) is 0 Å². The molecule has 0 spiro atoms. The molecule has 1 aliphatic carbocycles. The topological polar surface area (TPSA) is 117 Å². The first-order valence-corrected chi connectivity index (χ1v) is 7.14. The van der Waals surface area contributed by atoms with Crippen LogP contribution in [0.5, 0.6) is 0 Å². The predicted molar refractivity (Wildman–Crippen MR) is 84.1 cm³/mol. The standard InChI is InChI=1S/C14H16N4O4.ClH/c19-10-5-9(4-3-8-1-2-8)18-13(16-7-17-18)12(10)14(22)15-6-11(20)21;/h5,7-8H,1-4,6H2,(H,15,22)(H,16,17)(H,20,21);1H. The quantitative estimate of drug-likeness (QED) is 0.712. The molecule has 1 amide bonds. The molecule has 1 fully saturated rings. The highest BCUT2D eigenvalue weighted by Gasteiger charge is 2.23. The predicted octanol–water partition coefficient (Wildman–Crippen LogP) is 0.601. The van der Waals surface area contributed by atoms with Crippen LogP contribution < -0.4 is 10.7 Å². The number of fused-ring (bicyclic) bond motifs is 1. The molecule has 1 aliphatic rings. The Bertz CT molecular complexity index is 794. The number of aromatic nitrogens is 3. The minimum absolute atomic E-state index is 0. The molecule has 2 aromatic heterocycles. The highest BCUT2D eigenvalue weighted by Crippen LogP contribution is 2.33. The van der Waals surface area contributed by atoms with E-state index in [1.807, 2.05) is 0 Å². The van der Waals surface area contributed by atoms with E-state index in [-0.39, 0.29) is 23.6 Å². The molecule has 2 heterocycles. The van der Waals surface area contributed by atoms with Gasteiger partial charge in [0.25, 0.3) is 5.91 Å². The molecule has 0 aliphatic heterocycles. The molecule has 0 atom stereocenters. The van der Waals surface area contributed by atoms with Crippen LogP contribution >= 0.6 is 12.4 Å². The van der Waals surface area contributed by atoms with Crippen molar-refractivity contribution < 1.29 is 14.7 Å². The number of hydrogen-bond donors (Lipinski definition) is 3. The number of rotatable bonds is 6. The number of carbonyl (C=O) groups excluding carboxylic acids is 1. The average molecular weight is 341 g/mol. The van der Waals surface area contributed by atoms with E-state index >= 15 is 0 Å². The minimum atomic E-state index is -1.17. The zero-order valence-electron chi connectivity index (χ0n) is 12.2. The number of nitrogens with zero attached hydrogens (tertiary/aromatic N) is 2. The van der Waals surface area contributed by atoms with Crippen LogP contribution in [0, 0.1) is 5.92 Å². The monoisotopic (exact) mass is 340 g/mol. The van der Waals surface area contributed by atoms with Crippen molar-refractivity contribution in [1.82, 2.24) is 19.9 Å². The van der Waals surface area contributed by atoms with Crippen molar-refractivity contribution in [2.45, 2.75) is 25.7 Å². The number of aromatic amines is 1. The summed E-state index contributed by atoms with van der Waals surface area (Å²) in [6, 6.07) is 1.42. The lowest BCUT2D eigenvalue weighted by Gasteiger charge is -2.08. The molecule has 9 heteroatoms. The minimum Gasteiger partial charge on any atom is -0.480 e. The molecule has 0 radical (unpaired) electrons. The third-order valence-electron chi connectivity index (χ3n) is 3.77. The summed E-state index contributed by atoms with van der Waals surface area (Å²) in [6.45, 7) is -0.543. The van der Waals surface area contributed by atoms with E-state index in [2.05, 4.69) is 15.4 Å². The Hall–Kier alpha value is -2.35. The number of aryl methyl sites for hydroxylation is 1. The van der Waals surface area contributed by atoms with Gasteiger partial charge < -0.3 is 10.4 Å². The van der Waals surface area contributed by atoms with E-state index in [4.69, 9.17) is 5.11 Å². The number of carboxylic acid groups (broad SMARTS) is 1. The number of carboxylic acids is 1. The normalized spacial score (nSPS) is 13.6. The van der Waals surface area contributed by atoms with Gasteiger partial charge in [0.15, 0.2) is 11.1 Å². The lowest BCUT2D eigenvalue weighted by Crippen LogP contribution is -2.33. The highest BCUT2D eigenvalue weighted by molar-refractivity contribution is 6.00. The van der Waals surface area contributed by atoms with Gasteiger partial charge in [-0.2, -0.15) is 0 Å². The molecule has 0 bridgehead atoms. The van der Waals surface area contributed by atoms with Crippen LogP contribution in [0.4, 0.5) is 0 Å². The first-order chi connectivity index (χ1) is 10.6. The van der Waals surface area contributed by atoms with Crippen LogP contribution in [-0.2, 0) is 11.2 Å². The smallest absolute Gasteiger partial charge is 0.322 e. The second-order valence-electron chi connectivity index (χ2n) is 5.48. The van der Waals surface area contributed by atoms with Crippen molar-refractivity contribution in [3.05, 3.63) is 33.9 Å². The van der Waals surface area contributed by atoms with Crippen molar-refractivity contribution in [2.24, 2.45) is 5.92 Å². The lowest BCUT2D eigenvalue weighted by atomic mass is 10.1. The van der Waals surface area contributed by atoms with E-state index in [0.29, 0.717) is 0 Å². The molecule has 2 aromatic rings. The SMILES string of the molecule is Cl.O=C(O)CNC(=O)c1c(=O)cc(CCC2CC2)n2[nH]cnc12. The second kappa shape index (κ2) is 6.82. The number of carbonyl (C=O) groups is 2. The Balaban J connectivity index is 0.00000192. The molecular weight excluding hydrogens is 324 g/mol. The molecule has 124 valence electrons. The van der Waals surface area contributed by atoms with E-state index in [0.717, 1.165) is 24.5 Å². The molecule has 8 nitrogen and oxygen atoms in total. The van der Waals surface area contributed by atoms with Gasteiger partial charge >= 0.3 is 5.97 Å². The maximum absolute atomic E-state index is 12.2. The lowest BCUT2D eigenvalue weighted by molar-refractivity contribution is -0.135. The molecule has 0 saturated heterocycles. The molecular formula is C14H17ClN4O4. The summed E-state index contributed by atoms with van der Waals surface area (Å²) >= 11 is 0. The fourth-order valence-corrected chi connectivity index (χ4v) is 2.46. The van der Waals surface area contributed by atoms with Gasteiger partial charge in [-0.05, 0) is 18.8 Å². The van der Waals surface area contributed by atoms with Crippen LogP contribution in [0.1, 0.15) is 35.3 Å². The van der Waals surface area contributed by atoms with Gasteiger partial charge in [0.2, 0.25) is 0 Å². The Morgan fingerprint density at radius 2 is 2.17 bits per heavy atom. The molecule has 3 rings (SSSR count). The fraction of sp³-hybridized carbons (Fsp3) is 0.429. The Morgan fingerprint density at radius 1 is 1.43 bits per heavy atom. The van der Waals surface area contributed by atoms with E-state index < -0.39 is 23.9 Å². The van der Waals surface area contributed by atoms with Gasteiger partial charge in [0.05, 0.1) is 0 Å². The fourth-order valence-electron chi connectivity index (χ4n) is 2.46. The van der Waals surface area contributed by atoms with Crippen molar-refractivity contribution in [3.63, 3.8) is 0 Å². The first kappa shape index (κ1) is 17.0. The summed E-state index contributed by atoms with van der Waals surface area (Å²) in [4.78, 5) is 38.8.